The van der Waals surface area contributed by atoms with Gasteiger partial charge < -0.3 is 5.32 Å². The van der Waals surface area contributed by atoms with Gasteiger partial charge in [-0.25, -0.2) is 0 Å². The van der Waals surface area contributed by atoms with Crippen molar-refractivity contribution in [2.75, 3.05) is 12.8 Å². The Morgan fingerprint density at radius 1 is 1.83 bits per heavy atom. The Kier molecular flexibility index (Phi) is 5.87. The summed E-state index contributed by atoms with van der Waals surface area (Å²) >= 11 is 0. The van der Waals surface area contributed by atoms with Crippen LogP contribution < -0.4 is 5.32 Å². The zero-order chi connectivity index (χ0) is 4.83. The summed E-state index contributed by atoms with van der Waals surface area (Å²) in [5.74, 6) is 0. The normalized spacial score (nSPS) is 10.8. The van der Waals surface area contributed by atoms with Gasteiger partial charge in [0.2, 0.25) is 0 Å². The van der Waals surface area contributed by atoms with Crippen molar-refractivity contribution in [3.63, 3.8) is 0 Å². The lowest BCUT2D eigenvalue weighted by molar-refractivity contribution is 0.839. The minimum absolute atomic E-state index is 1.05. The lowest BCUT2D eigenvalue weighted by atomic mass is 10.8. The largest absolute Gasteiger partial charge is 0.314 e. The van der Waals surface area contributed by atoms with Gasteiger partial charge in [0.1, 0.15) is 7.57 Å². The number of nitrogens with one attached hydrogen (secondary N) is 1. The zero-order valence-electron chi connectivity index (χ0n) is 4.41. The molecule has 0 aromatic rings. The van der Waals surface area contributed by atoms with Crippen LogP contribution in [0, 0.1) is 0 Å². The molecule has 0 aliphatic rings. The van der Waals surface area contributed by atoms with Crippen molar-refractivity contribution in [1.29, 1.82) is 0 Å². The van der Waals surface area contributed by atoms with Crippen LogP contribution in [0.5, 0.6) is 0 Å². The Bertz CT molecular complexity index is 22.8. The Morgan fingerprint density at radius 2 is 2.50 bits per heavy atom. The second kappa shape index (κ2) is 5.45. The first-order valence-corrected chi connectivity index (χ1v) is 3.97. The van der Waals surface area contributed by atoms with Gasteiger partial charge in [-0.05, 0) is 6.54 Å². The standard InChI is InChI=1S/C3H11BNP/c1-2-5-3-6-4/h5-6H,2-4H2,1H3. The van der Waals surface area contributed by atoms with E-state index in [2.05, 4.69) is 19.8 Å². The summed E-state index contributed by atoms with van der Waals surface area (Å²) in [7, 11) is 3.25. The Balaban J connectivity index is 2.34. The van der Waals surface area contributed by atoms with Gasteiger partial charge in [0.05, 0.1) is 0 Å². The molecule has 0 bridgehead atoms. The van der Waals surface area contributed by atoms with Crippen molar-refractivity contribution in [3.05, 3.63) is 0 Å². The fourth-order valence-corrected chi connectivity index (χ4v) is 0.750. The van der Waals surface area contributed by atoms with E-state index in [1.165, 1.54) is 6.29 Å². The lowest BCUT2D eigenvalue weighted by Crippen LogP contribution is -2.09. The van der Waals surface area contributed by atoms with Crippen LogP contribution >= 0.6 is 8.46 Å². The summed E-state index contributed by atoms with van der Waals surface area (Å²) in [5.41, 5.74) is 0. The average molecular weight is 103 g/mol. The molecule has 0 fully saturated rings. The highest BCUT2D eigenvalue weighted by Gasteiger charge is 1.71. The van der Waals surface area contributed by atoms with Crippen LogP contribution in [0.2, 0.25) is 0 Å². The monoisotopic (exact) mass is 103 g/mol. The molecule has 1 atom stereocenters. The van der Waals surface area contributed by atoms with Crippen molar-refractivity contribution in [3.8, 4) is 0 Å². The molecular formula is C3H11BNP. The Labute approximate surface area is 42.0 Å². The summed E-state index contributed by atoms with van der Waals surface area (Å²) in [6.07, 6.45) is 1.19. The molecule has 0 heterocycles. The molecule has 3 heteroatoms. The fourth-order valence-electron chi connectivity index (χ4n) is 0.250. The van der Waals surface area contributed by atoms with Crippen molar-refractivity contribution in [2.24, 2.45) is 0 Å². The van der Waals surface area contributed by atoms with Gasteiger partial charge >= 0.3 is 0 Å². The Hall–Kier alpha value is 0.455. The van der Waals surface area contributed by atoms with Gasteiger partial charge in [-0.2, -0.15) is 0 Å². The van der Waals surface area contributed by atoms with Gasteiger partial charge in [-0.15, -0.1) is 8.46 Å². The SMILES string of the molecule is BPCNCC. The second-order valence-electron chi connectivity index (χ2n) is 1.13. The number of hydrogen-bond acceptors (Lipinski definition) is 1. The highest BCUT2D eigenvalue weighted by Crippen LogP contribution is 1.92. The molecule has 0 rings (SSSR count). The predicted molar refractivity (Wildman–Crippen MR) is 35.4 cm³/mol. The van der Waals surface area contributed by atoms with Crippen molar-refractivity contribution in [1.82, 2.24) is 5.32 Å². The fraction of sp³-hybridized carbons (Fsp3) is 1.00. The molecule has 0 saturated heterocycles. The van der Waals surface area contributed by atoms with E-state index >= 15 is 0 Å². The van der Waals surface area contributed by atoms with E-state index in [9.17, 15) is 0 Å². The molecule has 36 valence electrons. The van der Waals surface area contributed by atoms with Gasteiger partial charge in [0.25, 0.3) is 0 Å². The minimum Gasteiger partial charge on any atom is -0.314 e. The van der Waals surface area contributed by atoms with Crippen LogP contribution in [-0.2, 0) is 0 Å². The van der Waals surface area contributed by atoms with Crippen LogP contribution in [0.3, 0.4) is 0 Å². The molecule has 0 aromatic heterocycles. The Morgan fingerprint density at radius 3 is 2.67 bits per heavy atom. The number of rotatable bonds is 3. The molecule has 1 nitrogen and oxygen atoms in total. The molecule has 0 aromatic carbocycles. The zero-order valence-corrected chi connectivity index (χ0v) is 5.41. The lowest BCUT2D eigenvalue weighted by Gasteiger charge is -1.92. The van der Waals surface area contributed by atoms with E-state index in [0.29, 0.717) is 0 Å². The van der Waals surface area contributed by atoms with E-state index in [0.717, 1.165) is 15.0 Å². The first kappa shape index (κ1) is 6.45. The highest BCUT2D eigenvalue weighted by atomic mass is 31.1. The first-order chi connectivity index (χ1) is 2.91. The maximum Gasteiger partial charge on any atom is 0.131 e. The van der Waals surface area contributed by atoms with Crippen LogP contribution in [0.4, 0.5) is 0 Å². The smallest absolute Gasteiger partial charge is 0.131 e. The van der Waals surface area contributed by atoms with E-state index in [1.54, 1.807) is 0 Å². The minimum atomic E-state index is 1.05. The summed E-state index contributed by atoms with van der Waals surface area (Å²) in [4.78, 5) is 0. The van der Waals surface area contributed by atoms with Crippen LogP contribution in [0.1, 0.15) is 6.92 Å². The third-order valence-electron chi connectivity index (χ3n) is 0.552. The molecule has 1 N–H and O–H groups in total. The van der Waals surface area contributed by atoms with E-state index < -0.39 is 0 Å². The maximum absolute atomic E-state index is 3.21. The molecule has 0 spiro atoms. The molecule has 0 aliphatic heterocycles. The van der Waals surface area contributed by atoms with E-state index in [1.807, 2.05) is 0 Å². The molecule has 0 aliphatic carbocycles. The summed E-state index contributed by atoms with van der Waals surface area (Å²) in [5, 5.41) is 3.21. The maximum atomic E-state index is 3.21. The van der Waals surface area contributed by atoms with Crippen molar-refractivity contribution in [2.45, 2.75) is 6.92 Å². The molecule has 6 heavy (non-hydrogen) atoms. The van der Waals surface area contributed by atoms with Crippen LogP contribution in [-0.4, -0.2) is 20.4 Å². The van der Waals surface area contributed by atoms with Gasteiger partial charge in [0.15, 0.2) is 0 Å². The first-order valence-electron chi connectivity index (χ1n) is 2.27. The van der Waals surface area contributed by atoms with Gasteiger partial charge in [0, 0.05) is 6.29 Å². The molecule has 0 amide bonds. The summed E-state index contributed by atoms with van der Waals surface area (Å²) in [6, 6.07) is 0. The third-order valence-corrected chi connectivity index (χ3v) is 1.16. The molecular weight excluding hydrogens is 91.8 g/mol. The number of hydrogen-bond donors (Lipinski definition) is 1. The third kappa shape index (κ3) is 4.45. The van der Waals surface area contributed by atoms with Gasteiger partial charge in [-0.1, -0.05) is 6.92 Å². The highest BCUT2D eigenvalue weighted by molar-refractivity contribution is 7.66. The van der Waals surface area contributed by atoms with Crippen molar-refractivity contribution >= 4 is 16.0 Å². The molecule has 0 saturated carbocycles. The van der Waals surface area contributed by atoms with E-state index in [4.69, 9.17) is 0 Å². The predicted octanol–water partition coefficient (Wildman–Crippen LogP) is -0.220. The summed E-state index contributed by atoms with van der Waals surface area (Å²) < 4.78 is 0. The van der Waals surface area contributed by atoms with Crippen molar-refractivity contribution < 1.29 is 0 Å². The molecule has 1 unspecified atom stereocenters. The average Bonchev–Trinajstić information content (AvgIpc) is 1.61. The molecule has 0 radical (unpaired) electrons. The topological polar surface area (TPSA) is 12.0 Å². The van der Waals surface area contributed by atoms with E-state index in [-0.39, 0.29) is 0 Å². The van der Waals surface area contributed by atoms with Gasteiger partial charge in [-0.3, -0.25) is 0 Å². The van der Waals surface area contributed by atoms with Crippen LogP contribution in [0.25, 0.3) is 0 Å². The quantitative estimate of drug-likeness (QED) is 0.295. The second-order valence-corrected chi connectivity index (χ2v) is 2.19. The van der Waals surface area contributed by atoms with Crippen LogP contribution in [0.15, 0.2) is 0 Å². The summed E-state index contributed by atoms with van der Waals surface area (Å²) in [6.45, 7) is 3.24.